The normalized spacial score (nSPS) is 12.4. The molecule has 0 aliphatic rings. The molecule has 0 saturated carbocycles. The quantitative estimate of drug-likeness (QED) is 0.637. The van der Waals surface area contributed by atoms with Gasteiger partial charge in [-0.05, 0) is 12.5 Å². The van der Waals surface area contributed by atoms with Crippen LogP contribution in [0.15, 0.2) is 55.6 Å². The van der Waals surface area contributed by atoms with Crippen LogP contribution in [-0.2, 0) is 0 Å². The zero-order valence-corrected chi connectivity index (χ0v) is 9.39. The molecule has 0 saturated heterocycles. The number of hydrogen-bond acceptors (Lipinski definition) is 1. The van der Waals surface area contributed by atoms with E-state index < -0.39 is 0 Å². The Hall–Kier alpha value is -1.34. The van der Waals surface area contributed by atoms with Crippen molar-refractivity contribution in [1.82, 2.24) is 4.90 Å². The summed E-state index contributed by atoms with van der Waals surface area (Å²) in [5.74, 6) is 0. The second kappa shape index (κ2) is 6.20. The first-order chi connectivity index (χ1) is 7.29. The first kappa shape index (κ1) is 11.7. The Morgan fingerprint density at radius 2 is 1.67 bits per heavy atom. The Balaban J connectivity index is 2.75. The molecule has 0 fully saturated rings. The molecule has 0 aliphatic carbocycles. The fourth-order valence-corrected chi connectivity index (χ4v) is 1.66. The minimum atomic E-state index is 0.405. The Kier molecular flexibility index (Phi) is 4.85. The van der Waals surface area contributed by atoms with Crippen molar-refractivity contribution in [2.75, 3.05) is 13.1 Å². The highest BCUT2D eigenvalue weighted by Crippen LogP contribution is 2.19. The van der Waals surface area contributed by atoms with E-state index in [0.29, 0.717) is 6.04 Å². The summed E-state index contributed by atoms with van der Waals surface area (Å²) in [5.41, 5.74) is 1.33. The first-order valence-corrected chi connectivity index (χ1v) is 5.30. The van der Waals surface area contributed by atoms with Gasteiger partial charge in [0.1, 0.15) is 0 Å². The van der Waals surface area contributed by atoms with Gasteiger partial charge < -0.3 is 0 Å². The zero-order chi connectivity index (χ0) is 11.1. The second-order valence-electron chi connectivity index (χ2n) is 3.62. The summed E-state index contributed by atoms with van der Waals surface area (Å²) in [6.45, 7) is 11.6. The van der Waals surface area contributed by atoms with Gasteiger partial charge >= 0.3 is 0 Å². The Morgan fingerprint density at radius 1 is 1.13 bits per heavy atom. The summed E-state index contributed by atoms with van der Waals surface area (Å²) >= 11 is 0. The average Bonchev–Trinajstić information content (AvgIpc) is 2.29. The Bertz CT molecular complexity index is 292. The van der Waals surface area contributed by atoms with Crippen molar-refractivity contribution in [3.8, 4) is 0 Å². The first-order valence-electron chi connectivity index (χ1n) is 5.30. The van der Waals surface area contributed by atoms with Crippen LogP contribution in [0.3, 0.4) is 0 Å². The van der Waals surface area contributed by atoms with Gasteiger partial charge in [0.25, 0.3) is 0 Å². The van der Waals surface area contributed by atoms with Crippen LogP contribution in [0.5, 0.6) is 0 Å². The van der Waals surface area contributed by atoms with Crippen LogP contribution in [0.25, 0.3) is 0 Å². The molecule has 1 rings (SSSR count). The molecule has 0 aliphatic heterocycles. The molecule has 1 atom stereocenters. The predicted molar refractivity (Wildman–Crippen MR) is 66.8 cm³/mol. The lowest BCUT2D eigenvalue weighted by molar-refractivity contribution is 0.260. The highest BCUT2D eigenvalue weighted by atomic mass is 15.1. The fraction of sp³-hybridized carbons (Fsp3) is 0.286. The van der Waals surface area contributed by atoms with Crippen molar-refractivity contribution in [2.24, 2.45) is 0 Å². The van der Waals surface area contributed by atoms with E-state index in [2.05, 4.69) is 49.2 Å². The molecule has 80 valence electrons. The minimum Gasteiger partial charge on any atom is -0.289 e. The molecule has 0 N–H and O–H groups in total. The molecule has 0 spiro atoms. The van der Waals surface area contributed by atoms with Crippen LogP contribution in [-0.4, -0.2) is 18.0 Å². The van der Waals surface area contributed by atoms with Gasteiger partial charge in [-0.15, -0.1) is 13.2 Å². The highest BCUT2D eigenvalue weighted by molar-refractivity contribution is 5.18. The molecule has 0 aromatic heterocycles. The number of hydrogen-bond donors (Lipinski definition) is 0. The summed E-state index contributed by atoms with van der Waals surface area (Å²) in [6, 6.07) is 10.9. The standard InChI is InChI=1S/C14H19N/c1-4-11-15(12-5-2)13(3)14-9-7-6-8-10-14/h4-10,13H,1-2,11-12H2,3H3/t13-/m0/s1. The molecular weight excluding hydrogens is 182 g/mol. The molecule has 0 heterocycles. The minimum absolute atomic E-state index is 0.405. The third-order valence-corrected chi connectivity index (χ3v) is 2.56. The number of benzene rings is 1. The number of nitrogens with zero attached hydrogens (tertiary/aromatic N) is 1. The van der Waals surface area contributed by atoms with Crippen molar-refractivity contribution in [1.29, 1.82) is 0 Å². The van der Waals surface area contributed by atoms with Gasteiger partial charge in [0.05, 0.1) is 0 Å². The molecule has 1 heteroatoms. The van der Waals surface area contributed by atoms with E-state index in [0.717, 1.165) is 13.1 Å². The van der Waals surface area contributed by atoms with E-state index in [1.165, 1.54) is 5.56 Å². The summed E-state index contributed by atoms with van der Waals surface area (Å²) < 4.78 is 0. The van der Waals surface area contributed by atoms with Gasteiger partial charge in [-0.1, -0.05) is 42.5 Å². The molecule has 1 aromatic rings. The van der Waals surface area contributed by atoms with Crippen LogP contribution >= 0.6 is 0 Å². The Morgan fingerprint density at radius 3 is 2.13 bits per heavy atom. The smallest absolute Gasteiger partial charge is 0.0326 e. The van der Waals surface area contributed by atoms with Gasteiger partial charge in [0.2, 0.25) is 0 Å². The van der Waals surface area contributed by atoms with Crippen LogP contribution in [0.4, 0.5) is 0 Å². The largest absolute Gasteiger partial charge is 0.289 e. The lowest BCUT2D eigenvalue weighted by atomic mass is 10.1. The van der Waals surface area contributed by atoms with Crippen molar-refractivity contribution < 1.29 is 0 Å². The summed E-state index contributed by atoms with van der Waals surface area (Å²) in [5, 5.41) is 0. The molecule has 0 unspecified atom stereocenters. The van der Waals surface area contributed by atoms with E-state index >= 15 is 0 Å². The fourth-order valence-electron chi connectivity index (χ4n) is 1.66. The summed E-state index contributed by atoms with van der Waals surface area (Å²) in [4.78, 5) is 2.33. The van der Waals surface area contributed by atoms with Gasteiger partial charge in [-0.2, -0.15) is 0 Å². The second-order valence-corrected chi connectivity index (χ2v) is 3.62. The van der Waals surface area contributed by atoms with E-state index in [-0.39, 0.29) is 0 Å². The average molecular weight is 201 g/mol. The van der Waals surface area contributed by atoms with Crippen LogP contribution < -0.4 is 0 Å². The molecular formula is C14H19N. The number of rotatable bonds is 6. The van der Waals surface area contributed by atoms with Gasteiger partial charge in [0, 0.05) is 19.1 Å². The molecule has 0 bridgehead atoms. The maximum atomic E-state index is 3.78. The molecule has 0 radical (unpaired) electrons. The van der Waals surface area contributed by atoms with Crippen molar-refractivity contribution in [3.63, 3.8) is 0 Å². The van der Waals surface area contributed by atoms with E-state index in [1.54, 1.807) is 0 Å². The summed E-state index contributed by atoms with van der Waals surface area (Å²) in [7, 11) is 0. The van der Waals surface area contributed by atoms with Crippen molar-refractivity contribution >= 4 is 0 Å². The molecule has 15 heavy (non-hydrogen) atoms. The van der Waals surface area contributed by atoms with E-state index in [4.69, 9.17) is 0 Å². The van der Waals surface area contributed by atoms with Crippen LogP contribution in [0.2, 0.25) is 0 Å². The van der Waals surface area contributed by atoms with Crippen molar-refractivity contribution in [3.05, 3.63) is 61.2 Å². The third kappa shape index (κ3) is 3.37. The van der Waals surface area contributed by atoms with Crippen molar-refractivity contribution in [2.45, 2.75) is 13.0 Å². The van der Waals surface area contributed by atoms with Gasteiger partial charge in [0.15, 0.2) is 0 Å². The topological polar surface area (TPSA) is 3.24 Å². The molecule has 1 nitrogen and oxygen atoms in total. The predicted octanol–water partition coefficient (Wildman–Crippen LogP) is 3.42. The van der Waals surface area contributed by atoms with Crippen LogP contribution in [0.1, 0.15) is 18.5 Å². The SMILES string of the molecule is C=CCN(CC=C)[C@@H](C)c1ccccc1. The lowest BCUT2D eigenvalue weighted by Crippen LogP contribution is -2.27. The highest BCUT2D eigenvalue weighted by Gasteiger charge is 2.12. The maximum absolute atomic E-state index is 3.78. The maximum Gasteiger partial charge on any atom is 0.0326 e. The van der Waals surface area contributed by atoms with Gasteiger partial charge in [-0.25, -0.2) is 0 Å². The van der Waals surface area contributed by atoms with Gasteiger partial charge in [-0.3, -0.25) is 4.90 Å². The van der Waals surface area contributed by atoms with E-state index in [9.17, 15) is 0 Å². The van der Waals surface area contributed by atoms with Crippen LogP contribution in [0, 0.1) is 0 Å². The van der Waals surface area contributed by atoms with E-state index in [1.807, 2.05) is 18.2 Å². The Labute approximate surface area is 92.7 Å². The monoisotopic (exact) mass is 201 g/mol. The molecule has 1 aromatic carbocycles. The third-order valence-electron chi connectivity index (χ3n) is 2.56. The lowest BCUT2D eigenvalue weighted by Gasteiger charge is -2.27. The zero-order valence-electron chi connectivity index (χ0n) is 9.39. The summed E-state index contributed by atoms with van der Waals surface area (Å²) in [6.07, 6.45) is 3.87. The molecule has 0 amide bonds.